The molecule has 0 aliphatic heterocycles. The summed E-state index contributed by atoms with van der Waals surface area (Å²) >= 11 is 0. The van der Waals surface area contributed by atoms with Crippen molar-refractivity contribution in [3.63, 3.8) is 0 Å². The molecule has 104 valence electrons. The van der Waals surface area contributed by atoms with E-state index in [1.807, 2.05) is 0 Å². The van der Waals surface area contributed by atoms with Crippen LogP contribution in [0.3, 0.4) is 0 Å². The van der Waals surface area contributed by atoms with Gasteiger partial charge in [-0.2, -0.15) is 0 Å². The van der Waals surface area contributed by atoms with Crippen LogP contribution < -0.4 is 15.0 Å². The van der Waals surface area contributed by atoms with Gasteiger partial charge in [-0.25, -0.2) is 4.79 Å². The van der Waals surface area contributed by atoms with E-state index in [1.165, 1.54) is 20.3 Å². The van der Waals surface area contributed by atoms with Crippen molar-refractivity contribution in [2.75, 3.05) is 14.2 Å². The molecule has 0 radical (unpaired) electrons. The molecule has 2 rings (SSSR count). The second-order valence-electron chi connectivity index (χ2n) is 4.02. The summed E-state index contributed by atoms with van der Waals surface area (Å²) in [5.41, 5.74) is 0.467. The fourth-order valence-electron chi connectivity index (χ4n) is 1.83. The number of hydrogen-bond donors (Lipinski definition) is 2. The van der Waals surface area contributed by atoms with Crippen molar-refractivity contribution in [1.82, 2.24) is 4.98 Å². The van der Waals surface area contributed by atoms with Crippen molar-refractivity contribution in [2.45, 2.75) is 0 Å². The van der Waals surface area contributed by atoms with Crippen LogP contribution in [0.2, 0.25) is 0 Å². The zero-order valence-corrected chi connectivity index (χ0v) is 11.0. The molecule has 6 heteroatoms. The number of aromatic amines is 1. The fourth-order valence-corrected chi connectivity index (χ4v) is 1.83. The molecule has 2 aromatic rings. The van der Waals surface area contributed by atoms with Gasteiger partial charge in [0.15, 0.2) is 11.5 Å². The summed E-state index contributed by atoms with van der Waals surface area (Å²) in [6.45, 7) is 0. The second-order valence-corrected chi connectivity index (χ2v) is 4.02. The lowest BCUT2D eigenvalue weighted by Crippen LogP contribution is -2.09. The number of H-pyrrole nitrogens is 1. The number of hydrogen-bond acceptors (Lipinski definition) is 4. The first kappa shape index (κ1) is 13.7. The van der Waals surface area contributed by atoms with Crippen molar-refractivity contribution in [3.05, 3.63) is 40.2 Å². The Labute approximate surface area is 114 Å². The molecule has 0 amide bonds. The van der Waals surface area contributed by atoms with Crippen LogP contribution >= 0.6 is 0 Å². The van der Waals surface area contributed by atoms with Gasteiger partial charge in [0.1, 0.15) is 0 Å². The van der Waals surface area contributed by atoms with E-state index in [2.05, 4.69) is 4.98 Å². The monoisotopic (exact) mass is 275 g/mol. The highest BCUT2D eigenvalue weighted by Crippen LogP contribution is 2.31. The van der Waals surface area contributed by atoms with E-state index in [0.717, 1.165) is 6.08 Å². The number of methoxy groups -OCH3 is 2. The molecule has 0 bridgehead atoms. The summed E-state index contributed by atoms with van der Waals surface area (Å²) in [4.78, 5) is 25.0. The number of carboxylic acid groups (broad SMARTS) is 1. The Kier molecular flexibility index (Phi) is 3.74. The second kappa shape index (κ2) is 5.48. The molecule has 1 aromatic heterocycles. The lowest BCUT2D eigenvalue weighted by molar-refractivity contribution is -0.131. The van der Waals surface area contributed by atoms with Crippen LogP contribution in [-0.2, 0) is 4.79 Å². The van der Waals surface area contributed by atoms with Crippen LogP contribution in [0, 0.1) is 0 Å². The van der Waals surface area contributed by atoms with Crippen LogP contribution in [-0.4, -0.2) is 30.3 Å². The summed E-state index contributed by atoms with van der Waals surface area (Å²) in [5.74, 6) is -0.0819. The van der Waals surface area contributed by atoms with E-state index in [9.17, 15) is 9.59 Å². The maximum atomic E-state index is 11.8. The van der Waals surface area contributed by atoms with Crippen molar-refractivity contribution < 1.29 is 19.4 Å². The molecular formula is C14H13NO5. The summed E-state index contributed by atoms with van der Waals surface area (Å²) in [7, 11) is 3.02. The maximum absolute atomic E-state index is 11.8. The van der Waals surface area contributed by atoms with Crippen molar-refractivity contribution >= 4 is 22.9 Å². The number of aromatic nitrogens is 1. The van der Waals surface area contributed by atoms with E-state index in [-0.39, 0.29) is 11.1 Å². The summed E-state index contributed by atoms with van der Waals surface area (Å²) in [6.07, 6.45) is 2.16. The quantitative estimate of drug-likeness (QED) is 0.828. The molecular weight excluding hydrogens is 262 g/mol. The minimum atomic E-state index is -1.11. The number of rotatable bonds is 4. The summed E-state index contributed by atoms with van der Waals surface area (Å²) < 4.78 is 10.3. The number of aliphatic carboxylic acids is 1. The predicted molar refractivity (Wildman–Crippen MR) is 74.3 cm³/mol. The first-order valence-electron chi connectivity index (χ1n) is 5.75. The van der Waals surface area contributed by atoms with Gasteiger partial charge in [0.2, 0.25) is 0 Å². The number of carboxylic acids is 1. The Morgan fingerprint density at radius 1 is 1.20 bits per heavy atom. The average Bonchev–Trinajstić information content (AvgIpc) is 2.43. The van der Waals surface area contributed by atoms with Gasteiger partial charge in [-0.1, -0.05) is 0 Å². The number of nitrogens with one attached hydrogen (secondary N) is 1. The Bertz CT molecular complexity index is 745. The van der Waals surface area contributed by atoms with Gasteiger partial charge in [0.25, 0.3) is 5.56 Å². The molecule has 0 aliphatic carbocycles. The zero-order chi connectivity index (χ0) is 14.7. The van der Waals surface area contributed by atoms with Gasteiger partial charge in [-0.05, 0) is 18.2 Å². The normalized spacial score (nSPS) is 10.9. The first-order chi connectivity index (χ1) is 9.55. The molecule has 6 nitrogen and oxygen atoms in total. The number of benzene rings is 1. The fraction of sp³-hybridized carbons (Fsp3) is 0.143. The highest BCUT2D eigenvalue weighted by Gasteiger charge is 2.08. The molecule has 2 N–H and O–H groups in total. The van der Waals surface area contributed by atoms with Crippen molar-refractivity contribution in [2.24, 2.45) is 0 Å². The lowest BCUT2D eigenvalue weighted by Gasteiger charge is -2.09. The SMILES string of the molecule is COc1cc2cc(C=CC(=O)O)c(=O)[nH]c2cc1OC. The molecule has 20 heavy (non-hydrogen) atoms. The third-order valence-electron chi connectivity index (χ3n) is 2.78. The largest absolute Gasteiger partial charge is 0.493 e. The van der Waals surface area contributed by atoms with Gasteiger partial charge < -0.3 is 19.6 Å². The van der Waals surface area contributed by atoms with Crippen LogP contribution in [0.15, 0.2) is 29.1 Å². The maximum Gasteiger partial charge on any atom is 0.328 e. The van der Waals surface area contributed by atoms with Gasteiger partial charge in [0, 0.05) is 23.1 Å². The highest BCUT2D eigenvalue weighted by molar-refractivity contribution is 5.88. The minimum absolute atomic E-state index is 0.257. The van der Waals surface area contributed by atoms with Crippen molar-refractivity contribution in [3.8, 4) is 11.5 Å². The molecule has 0 saturated heterocycles. The Hall–Kier alpha value is -2.76. The Morgan fingerprint density at radius 2 is 1.85 bits per heavy atom. The van der Waals surface area contributed by atoms with E-state index < -0.39 is 5.97 Å². The van der Waals surface area contributed by atoms with Gasteiger partial charge >= 0.3 is 5.97 Å². The number of fused-ring (bicyclic) bond motifs is 1. The predicted octanol–water partition coefficient (Wildman–Crippen LogP) is 1.64. The molecule has 0 saturated carbocycles. The van der Waals surface area contributed by atoms with Crippen LogP contribution in [0.4, 0.5) is 0 Å². The van der Waals surface area contributed by atoms with Crippen LogP contribution in [0.25, 0.3) is 17.0 Å². The van der Waals surface area contributed by atoms with Crippen LogP contribution in [0.1, 0.15) is 5.56 Å². The molecule has 1 aromatic carbocycles. The molecule has 0 spiro atoms. The Balaban J connectivity index is 2.63. The molecule has 0 unspecified atom stereocenters. The van der Waals surface area contributed by atoms with E-state index in [4.69, 9.17) is 14.6 Å². The van der Waals surface area contributed by atoms with Crippen LogP contribution in [0.5, 0.6) is 11.5 Å². The van der Waals surface area contributed by atoms with Gasteiger partial charge in [-0.3, -0.25) is 4.79 Å². The molecule has 1 heterocycles. The van der Waals surface area contributed by atoms with Gasteiger partial charge in [-0.15, -0.1) is 0 Å². The van der Waals surface area contributed by atoms with E-state index in [1.54, 1.807) is 18.2 Å². The molecule has 0 fully saturated rings. The number of ether oxygens (including phenoxy) is 2. The minimum Gasteiger partial charge on any atom is -0.493 e. The van der Waals surface area contributed by atoms with E-state index >= 15 is 0 Å². The first-order valence-corrected chi connectivity index (χ1v) is 5.75. The Morgan fingerprint density at radius 3 is 2.45 bits per heavy atom. The van der Waals surface area contributed by atoms with Gasteiger partial charge in [0.05, 0.1) is 19.7 Å². The third-order valence-corrected chi connectivity index (χ3v) is 2.78. The smallest absolute Gasteiger partial charge is 0.328 e. The standard InChI is InChI=1S/C14H13NO5/c1-19-11-6-9-5-8(3-4-13(16)17)14(18)15-10(9)7-12(11)20-2/h3-7H,1-2H3,(H,15,18)(H,16,17). The molecule has 0 atom stereocenters. The van der Waals surface area contributed by atoms with E-state index in [0.29, 0.717) is 22.4 Å². The average molecular weight is 275 g/mol. The number of carbonyl (C=O) groups is 1. The summed E-state index contributed by atoms with van der Waals surface area (Å²) in [6, 6.07) is 4.96. The summed E-state index contributed by atoms with van der Waals surface area (Å²) in [5, 5.41) is 9.31. The number of pyridine rings is 1. The van der Waals surface area contributed by atoms with Crippen molar-refractivity contribution in [1.29, 1.82) is 0 Å². The molecule has 0 aliphatic rings. The third kappa shape index (κ3) is 2.64. The topological polar surface area (TPSA) is 88.6 Å². The lowest BCUT2D eigenvalue weighted by atomic mass is 10.1. The highest BCUT2D eigenvalue weighted by atomic mass is 16.5. The zero-order valence-electron chi connectivity index (χ0n) is 11.0.